The summed E-state index contributed by atoms with van der Waals surface area (Å²) in [4.78, 5) is 94.2. The van der Waals surface area contributed by atoms with E-state index in [4.69, 9.17) is 45.6 Å². The molecule has 26 heteroatoms. The largest absolute Gasteiger partial charge is 0.463 e. The summed E-state index contributed by atoms with van der Waals surface area (Å²) in [6, 6.07) is 16.7. The van der Waals surface area contributed by atoms with Crippen LogP contribution in [-0.4, -0.2) is 140 Å². The molecule has 1 saturated carbocycles. The number of esters is 4. The number of nitrogens with zero attached hydrogens (tertiary/aromatic N) is 6. The van der Waals surface area contributed by atoms with Gasteiger partial charge in [0.05, 0.1) is 23.7 Å². The van der Waals surface area contributed by atoms with Gasteiger partial charge in [-0.2, -0.15) is 15.6 Å². The van der Waals surface area contributed by atoms with Crippen molar-refractivity contribution in [2.45, 2.75) is 167 Å². The van der Waals surface area contributed by atoms with Gasteiger partial charge in [0.15, 0.2) is 24.4 Å². The Morgan fingerprint density at radius 3 is 2.05 bits per heavy atom. The molecule has 2 aliphatic heterocycles. The Hall–Kier alpha value is -7.98. The molecule has 2 amide bonds. The van der Waals surface area contributed by atoms with Gasteiger partial charge in [-0.3, -0.25) is 28.8 Å². The van der Waals surface area contributed by atoms with Crippen LogP contribution in [0.3, 0.4) is 0 Å². The van der Waals surface area contributed by atoms with Crippen molar-refractivity contribution in [1.29, 1.82) is 10.5 Å². The standard InChI is InChI=1S/C61H80N12O14/c1-9-34(6)56(78)71-54(67-30-64)40-18-20-44(70-40)60(28-62)52(76)50(84-58(80)48(65)32(2)3)42(86-60)26-83-47(75)25-39-17-13-16-38(23-39)22-35(7)36(8)57(79)72-55-41-19-21-45(73(41)69-31-68-55)61(29-63)53(77)51(85-59(81)49(66)33(4)5)43(87-61)27-82-46(74)24-37-14-11-10-12-15-37/h10-12,14-15,18-21,30-36,38-39,42-43,48-53,70,76-77H,9,13,16-17,22-27,65-66H2,1-8H3,(H2,64,67,71,78)(H,68,69,72,79)/p+1/t34-,35?,36+,38?,39?,42+,43+,48-,49-,50+,51+,52+,53+,60-,61-/m0/s1. The average molecular weight is 1210 g/mol. The van der Waals surface area contributed by atoms with E-state index in [0.717, 1.165) is 31.9 Å². The second kappa shape index (κ2) is 29.1. The number of aliphatic hydroxyl groups is 2. The molecular formula is C61H81N12O14+. The number of aromatic amines is 1. The minimum Gasteiger partial charge on any atom is -0.463 e. The summed E-state index contributed by atoms with van der Waals surface area (Å²) in [7, 11) is 0. The third-order valence-corrected chi connectivity index (χ3v) is 16.9. The zero-order chi connectivity index (χ0) is 63.5. The van der Waals surface area contributed by atoms with Gasteiger partial charge in [-0.05, 0) is 85.1 Å². The lowest BCUT2D eigenvalue weighted by molar-refractivity contribution is -0.309. The number of aliphatic hydroxyl groups excluding tert-OH is 2. The molecule has 11 N–H and O–H groups in total. The molecule has 26 nitrogen and oxygen atoms in total. The molecule has 5 heterocycles. The SMILES string of the molecule is CC[C@H](C)C(=O)N=C([NH+]=CN)c1ccc([C@]2(C#N)O[C@H](COC(=O)CC3CCCC(CC(C)[C@@H](C)C(=O)Nc4ncnn5c([C@]6(C#N)O[C@H](COC(=O)Cc7ccccc7)[C@@H](OC(=O)[C@@H](N)C(C)C)[C@H]6O)ccc45)C3)[C@@H](OC(=O)[C@@H](N)C(C)C)[C@H]2O)[nH]1. The number of benzene rings is 1. The van der Waals surface area contributed by atoms with Gasteiger partial charge in [0.25, 0.3) is 5.84 Å². The summed E-state index contributed by atoms with van der Waals surface area (Å²) >= 11 is 0. The van der Waals surface area contributed by atoms with Crippen LogP contribution in [-0.2, 0) is 74.8 Å². The molecule has 3 aliphatic rings. The quantitative estimate of drug-likeness (QED) is 0.0215. The Morgan fingerprint density at radius 2 is 1.45 bits per heavy atom. The van der Waals surface area contributed by atoms with Crippen molar-refractivity contribution in [3.63, 3.8) is 0 Å². The molecule has 87 heavy (non-hydrogen) atoms. The van der Waals surface area contributed by atoms with Crippen LogP contribution < -0.4 is 27.5 Å². The van der Waals surface area contributed by atoms with Crippen LogP contribution in [0.4, 0.5) is 5.82 Å². The summed E-state index contributed by atoms with van der Waals surface area (Å²) in [5.41, 5.74) is 14.6. The monoisotopic (exact) mass is 1210 g/mol. The molecule has 3 aromatic heterocycles. The highest BCUT2D eigenvalue weighted by atomic mass is 16.6. The second-order valence-electron chi connectivity index (χ2n) is 23.7. The maximum absolute atomic E-state index is 14.1. The molecular weight excluding hydrogens is 1120 g/mol. The number of carbonyl (C=O) groups is 6. The maximum Gasteiger partial charge on any atom is 0.323 e. The molecule has 3 unspecified atom stereocenters. The topological polar surface area (TPSA) is 408 Å². The zero-order valence-electron chi connectivity index (χ0n) is 50.3. The number of hydrogen-bond donors (Lipinski definition) is 8. The molecule has 15 atom stereocenters. The Morgan fingerprint density at radius 1 is 0.851 bits per heavy atom. The van der Waals surface area contributed by atoms with E-state index in [2.05, 4.69) is 30.4 Å². The number of aliphatic imine (C=N–C) groups is 1. The highest BCUT2D eigenvalue weighted by Gasteiger charge is 2.61. The number of rotatable bonds is 24. The Balaban J connectivity index is 0.985. The van der Waals surface area contributed by atoms with Crippen LogP contribution >= 0.6 is 0 Å². The normalized spacial score (nSPS) is 26.6. The summed E-state index contributed by atoms with van der Waals surface area (Å²) in [6.07, 6.45) is -2.89. The van der Waals surface area contributed by atoms with Crippen LogP contribution in [0.25, 0.3) is 5.52 Å². The molecule has 4 aromatic rings. The summed E-state index contributed by atoms with van der Waals surface area (Å²) in [5.74, 6) is -5.32. The van der Waals surface area contributed by atoms with Crippen LogP contribution in [0.5, 0.6) is 0 Å². The lowest BCUT2D eigenvalue weighted by Gasteiger charge is -2.31. The van der Waals surface area contributed by atoms with E-state index < -0.39 is 115 Å². The third kappa shape index (κ3) is 15.1. The number of amidine groups is 1. The number of aromatic nitrogens is 4. The number of ether oxygens (including phenoxy) is 6. The van der Waals surface area contributed by atoms with Crippen molar-refractivity contribution in [2.24, 2.45) is 63.6 Å². The number of nitrogens with one attached hydrogen (secondary N) is 3. The maximum atomic E-state index is 14.1. The fraction of sp³-hybridized carbons (Fsp3) is 0.574. The van der Waals surface area contributed by atoms with E-state index in [9.17, 15) is 49.5 Å². The van der Waals surface area contributed by atoms with Gasteiger partial charge < -0.3 is 66.1 Å². The minimum atomic E-state index is -2.24. The number of hydrogen-bond acceptors (Lipinski definition) is 20. The lowest BCUT2D eigenvalue weighted by atomic mass is 9.74. The van der Waals surface area contributed by atoms with E-state index in [-0.39, 0.29) is 82.6 Å². The van der Waals surface area contributed by atoms with Crippen LogP contribution in [0.2, 0.25) is 0 Å². The first kappa shape index (κ1) is 66.5. The van der Waals surface area contributed by atoms with Gasteiger partial charge in [-0.25, -0.2) is 14.5 Å². The Labute approximate surface area is 504 Å². The highest BCUT2D eigenvalue weighted by Crippen LogP contribution is 2.44. The Bertz CT molecular complexity index is 3240. The molecule has 3 fully saturated rings. The number of fused-ring (bicyclic) bond motifs is 1. The van der Waals surface area contributed by atoms with Gasteiger partial charge in [0, 0.05) is 12.3 Å². The lowest BCUT2D eigenvalue weighted by Crippen LogP contribution is -2.76. The number of H-pyrrole nitrogens is 1. The fourth-order valence-electron chi connectivity index (χ4n) is 11.0. The van der Waals surface area contributed by atoms with Gasteiger partial charge in [-0.15, -0.1) is 0 Å². The van der Waals surface area contributed by atoms with Crippen molar-refractivity contribution in [3.05, 3.63) is 83.6 Å². The number of carbonyl (C=O) groups excluding carboxylic acids is 6. The molecule has 0 radical (unpaired) electrons. The summed E-state index contributed by atoms with van der Waals surface area (Å²) < 4.78 is 36.6. The molecule has 7 rings (SSSR count). The molecule has 1 aliphatic carbocycles. The van der Waals surface area contributed by atoms with Crippen LogP contribution in [0.15, 0.2) is 65.9 Å². The van der Waals surface area contributed by atoms with Crippen molar-refractivity contribution >= 4 is 59.2 Å². The van der Waals surface area contributed by atoms with Gasteiger partial charge >= 0.3 is 29.8 Å². The predicted molar refractivity (Wildman–Crippen MR) is 311 cm³/mol. The smallest absolute Gasteiger partial charge is 0.323 e. The van der Waals surface area contributed by atoms with E-state index >= 15 is 0 Å². The van der Waals surface area contributed by atoms with Crippen molar-refractivity contribution in [2.75, 3.05) is 18.5 Å². The summed E-state index contributed by atoms with van der Waals surface area (Å²) in [5, 5.41) is 52.6. The van der Waals surface area contributed by atoms with Crippen LogP contribution in [0.1, 0.15) is 123 Å². The highest BCUT2D eigenvalue weighted by molar-refractivity contribution is 5.99. The van der Waals surface area contributed by atoms with Crippen molar-refractivity contribution in [3.8, 4) is 12.1 Å². The molecule has 0 spiro atoms. The van der Waals surface area contributed by atoms with E-state index in [1.807, 2.05) is 26.0 Å². The van der Waals surface area contributed by atoms with Gasteiger partial charge in [-0.1, -0.05) is 104 Å². The first-order chi connectivity index (χ1) is 41.4. The van der Waals surface area contributed by atoms with E-state index in [1.165, 1.54) is 28.8 Å². The van der Waals surface area contributed by atoms with E-state index in [0.29, 0.717) is 24.8 Å². The number of nitriles is 2. The first-order valence-electron chi connectivity index (χ1n) is 29.5. The van der Waals surface area contributed by atoms with Crippen molar-refractivity contribution < 1.29 is 72.4 Å². The molecule has 2 saturated heterocycles. The van der Waals surface area contributed by atoms with E-state index in [1.54, 1.807) is 71.9 Å². The third-order valence-electron chi connectivity index (χ3n) is 16.9. The molecule has 1 aromatic carbocycles. The fourth-order valence-corrected chi connectivity index (χ4v) is 11.0. The predicted octanol–water partition coefficient (Wildman–Crippen LogP) is 2.02. The molecule has 0 bridgehead atoms. The minimum absolute atomic E-state index is 0.00904. The number of nitrogens with two attached hydrogens (primary N) is 3. The summed E-state index contributed by atoms with van der Waals surface area (Å²) in [6.45, 7) is 13.2. The number of anilines is 1. The first-order valence-corrected chi connectivity index (χ1v) is 29.5. The van der Waals surface area contributed by atoms with Crippen LogP contribution in [0, 0.1) is 64.1 Å². The average Bonchev–Trinajstić information content (AvgIpc) is 1.83. The second-order valence-corrected chi connectivity index (χ2v) is 23.7. The van der Waals surface area contributed by atoms with Gasteiger partial charge in [0.2, 0.25) is 17.1 Å². The Kier molecular flexibility index (Phi) is 22.3. The zero-order valence-corrected chi connectivity index (χ0v) is 50.3. The van der Waals surface area contributed by atoms with Gasteiger partial charge in [0.1, 0.15) is 79.4 Å². The molecule has 468 valence electrons. The number of amides is 2. The van der Waals surface area contributed by atoms with Crippen molar-refractivity contribution in [1.82, 2.24) is 19.6 Å².